The van der Waals surface area contributed by atoms with E-state index in [0.29, 0.717) is 0 Å². The van der Waals surface area contributed by atoms with Crippen LogP contribution < -0.4 is 4.74 Å². The Kier molecular flexibility index (Phi) is 2.88. The molecule has 1 unspecified atom stereocenters. The Balaban J connectivity index is 1.67. The minimum Gasteiger partial charge on any atom is -0.483 e. The van der Waals surface area contributed by atoms with Crippen LogP contribution in [0.5, 0.6) is 5.75 Å². The van der Waals surface area contributed by atoms with Crippen molar-refractivity contribution < 1.29 is 9.13 Å². The van der Waals surface area contributed by atoms with Crippen molar-refractivity contribution in [1.82, 2.24) is 19.8 Å². The van der Waals surface area contributed by atoms with Crippen LogP contribution in [0.15, 0.2) is 18.2 Å². The van der Waals surface area contributed by atoms with Crippen LogP contribution in [0.4, 0.5) is 4.39 Å². The van der Waals surface area contributed by atoms with E-state index in [1.165, 1.54) is 17.4 Å². The second-order valence-electron chi connectivity index (χ2n) is 5.00. The molecule has 5 nitrogen and oxygen atoms in total. The molecule has 1 atom stereocenters. The Bertz CT molecular complexity index is 813. The number of fused-ring (bicyclic) bond motifs is 2. The van der Waals surface area contributed by atoms with E-state index in [1.54, 1.807) is 16.6 Å². The summed E-state index contributed by atoms with van der Waals surface area (Å²) >= 11 is 1.50. The predicted octanol–water partition coefficient (Wildman–Crippen LogP) is 2.95. The summed E-state index contributed by atoms with van der Waals surface area (Å²) in [6.45, 7) is 2.03. The van der Waals surface area contributed by atoms with Gasteiger partial charge in [0.1, 0.15) is 11.6 Å². The quantitative estimate of drug-likeness (QED) is 0.730. The summed E-state index contributed by atoms with van der Waals surface area (Å²) in [4.78, 5) is 0.787. The van der Waals surface area contributed by atoms with E-state index in [-0.39, 0.29) is 11.9 Å². The number of ether oxygens (including phenoxy) is 1. The zero-order valence-corrected chi connectivity index (χ0v) is 12.2. The Morgan fingerprint density at radius 2 is 2.33 bits per heavy atom. The fraction of sp³-hybridized carbons (Fsp3) is 0.357. The molecule has 0 amide bonds. The van der Waals surface area contributed by atoms with Gasteiger partial charge in [0, 0.05) is 6.42 Å². The molecule has 1 aromatic carbocycles. The summed E-state index contributed by atoms with van der Waals surface area (Å²) in [6, 6.07) is 4.66. The van der Waals surface area contributed by atoms with Gasteiger partial charge in [-0.3, -0.25) is 0 Å². The normalized spacial score (nSPS) is 17.7. The smallest absolute Gasteiger partial charge is 0.234 e. The fourth-order valence-corrected chi connectivity index (χ4v) is 3.48. The van der Waals surface area contributed by atoms with E-state index in [1.807, 2.05) is 6.92 Å². The van der Waals surface area contributed by atoms with Crippen LogP contribution in [0, 0.1) is 5.82 Å². The van der Waals surface area contributed by atoms with Crippen LogP contribution in [0.3, 0.4) is 0 Å². The Hall–Kier alpha value is -2.02. The highest BCUT2D eigenvalue weighted by Gasteiger charge is 2.25. The lowest BCUT2D eigenvalue weighted by molar-refractivity contribution is 0.174. The zero-order valence-electron chi connectivity index (χ0n) is 11.4. The van der Waals surface area contributed by atoms with Gasteiger partial charge in [0.05, 0.1) is 0 Å². The van der Waals surface area contributed by atoms with Crippen molar-refractivity contribution in [3.05, 3.63) is 40.4 Å². The summed E-state index contributed by atoms with van der Waals surface area (Å²) < 4.78 is 21.0. The molecule has 21 heavy (non-hydrogen) atoms. The third kappa shape index (κ3) is 2.08. The summed E-state index contributed by atoms with van der Waals surface area (Å²) in [7, 11) is 0. The summed E-state index contributed by atoms with van der Waals surface area (Å²) in [5, 5.41) is 13.7. The zero-order chi connectivity index (χ0) is 14.4. The van der Waals surface area contributed by atoms with Gasteiger partial charge in [-0.1, -0.05) is 18.3 Å². The highest BCUT2D eigenvalue weighted by molar-refractivity contribution is 7.16. The molecule has 0 radical (unpaired) electrons. The van der Waals surface area contributed by atoms with Crippen molar-refractivity contribution in [3.63, 3.8) is 0 Å². The van der Waals surface area contributed by atoms with Gasteiger partial charge in [0.2, 0.25) is 4.96 Å². The molecule has 4 rings (SSSR count). The van der Waals surface area contributed by atoms with Crippen molar-refractivity contribution in [2.75, 3.05) is 0 Å². The standard InChI is InChI=1S/C14H13FN4OS/c1-2-12-16-17-14-19(12)18-13(21-14)11-5-3-8-7-9(15)4-6-10(8)20-11/h4,6-7,11H,2-3,5H2,1H3. The first-order chi connectivity index (χ1) is 10.2. The number of nitrogens with zero attached hydrogens (tertiary/aromatic N) is 4. The largest absolute Gasteiger partial charge is 0.483 e. The third-order valence-corrected chi connectivity index (χ3v) is 4.62. The predicted molar refractivity (Wildman–Crippen MR) is 76.1 cm³/mol. The monoisotopic (exact) mass is 304 g/mol. The first-order valence-corrected chi connectivity index (χ1v) is 7.72. The van der Waals surface area contributed by atoms with Crippen molar-refractivity contribution in [1.29, 1.82) is 0 Å². The molecule has 0 saturated heterocycles. The lowest BCUT2D eigenvalue weighted by Gasteiger charge is -2.24. The maximum atomic E-state index is 13.2. The summed E-state index contributed by atoms with van der Waals surface area (Å²) in [6.07, 6.45) is 2.28. The lowest BCUT2D eigenvalue weighted by Crippen LogP contribution is -2.15. The second kappa shape index (κ2) is 4.77. The average Bonchev–Trinajstić information content (AvgIpc) is 3.06. The van der Waals surface area contributed by atoms with Gasteiger partial charge in [0.25, 0.3) is 0 Å². The molecule has 1 aliphatic heterocycles. The van der Waals surface area contributed by atoms with Crippen LogP contribution >= 0.6 is 11.3 Å². The van der Waals surface area contributed by atoms with E-state index in [4.69, 9.17) is 4.74 Å². The average molecular weight is 304 g/mol. The molecule has 0 N–H and O–H groups in total. The first kappa shape index (κ1) is 12.7. The Labute approximate surface area is 124 Å². The van der Waals surface area contributed by atoms with Crippen LogP contribution in [0.25, 0.3) is 4.96 Å². The van der Waals surface area contributed by atoms with Crippen molar-refractivity contribution in [3.8, 4) is 5.75 Å². The van der Waals surface area contributed by atoms with Crippen LogP contribution in [-0.4, -0.2) is 19.8 Å². The van der Waals surface area contributed by atoms with Gasteiger partial charge in [-0.05, 0) is 36.6 Å². The van der Waals surface area contributed by atoms with E-state index < -0.39 is 0 Å². The Morgan fingerprint density at radius 3 is 3.19 bits per heavy atom. The molecule has 2 aromatic heterocycles. The number of aromatic nitrogens is 4. The molecule has 108 valence electrons. The number of hydrogen-bond acceptors (Lipinski definition) is 5. The van der Waals surface area contributed by atoms with Gasteiger partial charge in [-0.25, -0.2) is 4.39 Å². The molecular formula is C14H13FN4OS. The highest BCUT2D eigenvalue weighted by Crippen LogP contribution is 2.36. The molecule has 0 bridgehead atoms. The van der Waals surface area contributed by atoms with Crippen LogP contribution in [0.2, 0.25) is 0 Å². The maximum Gasteiger partial charge on any atom is 0.234 e. The molecule has 0 aliphatic carbocycles. The van der Waals surface area contributed by atoms with Gasteiger partial charge < -0.3 is 4.74 Å². The first-order valence-electron chi connectivity index (χ1n) is 6.90. The van der Waals surface area contributed by atoms with Crippen molar-refractivity contribution >= 4 is 16.3 Å². The van der Waals surface area contributed by atoms with E-state index in [0.717, 1.165) is 46.4 Å². The van der Waals surface area contributed by atoms with E-state index in [9.17, 15) is 4.39 Å². The molecule has 0 saturated carbocycles. The van der Waals surface area contributed by atoms with Crippen molar-refractivity contribution in [2.45, 2.75) is 32.3 Å². The van der Waals surface area contributed by atoms with Crippen LogP contribution in [0.1, 0.15) is 35.8 Å². The summed E-state index contributed by atoms with van der Waals surface area (Å²) in [5.74, 6) is 1.38. The minimum atomic E-state index is -0.220. The SMILES string of the molecule is CCc1nnc2sc(C3CCc4cc(F)ccc4O3)nn12. The number of aryl methyl sites for hydroxylation is 2. The molecule has 7 heteroatoms. The topological polar surface area (TPSA) is 52.3 Å². The third-order valence-electron chi connectivity index (χ3n) is 3.63. The lowest BCUT2D eigenvalue weighted by atomic mass is 10.0. The molecule has 0 fully saturated rings. The number of benzene rings is 1. The van der Waals surface area contributed by atoms with Gasteiger partial charge in [-0.2, -0.15) is 9.61 Å². The van der Waals surface area contributed by atoms with Gasteiger partial charge in [-0.15, -0.1) is 10.2 Å². The Morgan fingerprint density at radius 1 is 1.43 bits per heavy atom. The second-order valence-corrected chi connectivity index (χ2v) is 5.99. The summed E-state index contributed by atoms with van der Waals surface area (Å²) in [5.41, 5.74) is 0.920. The fourth-order valence-electron chi connectivity index (χ4n) is 2.55. The molecule has 0 spiro atoms. The van der Waals surface area contributed by atoms with Crippen LogP contribution in [-0.2, 0) is 12.8 Å². The maximum absolute atomic E-state index is 13.2. The molecular weight excluding hydrogens is 291 g/mol. The molecule has 1 aliphatic rings. The highest BCUT2D eigenvalue weighted by atomic mass is 32.1. The van der Waals surface area contributed by atoms with E-state index in [2.05, 4.69) is 15.3 Å². The van der Waals surface area contributed by atoms with Gasteiger partial charge >= 0.3 is 0 Å². The number of hydrogen-bond donors (Lipinski definition) is 0. The van der Waals surface area contributed by atoms with E-state index >= 15 is 0 Å². The molecule has 3 aromatic rings. The van der Waals surface area contributed by atoms with Gasteiger partial charge in [0.15, 0.2) is 16.9 Å². The number of halogens is 1. The number of rotatable bonds is 2. The molecule has 3 heterocycles. The van der Waals surface area contributed by atoms with Crippen molar-refractivity contribution in [2.24, 2.45) is 0 Å². The minimum absolute atomic E-state index is 0.0978.